The van der Waals surface area contributed by atoms with Gasteiger partial charge in [-0.2, -0.15) is 0 Å². The van der Waals surface area contributed by atoms with Gasteiger partial charge in [0.25, 0.3) is 0 Å². The standard InChI is InChI=1S/C22H34N6S/c1-3-20-18-26-21(29-20)10-12-25-22(23-2)24-11-7-13-27-14-16-28(17-15-27)19-8-5-4-6-9-19/h4-6,8-9,18H,3,7,10-17H2,1-2H3,(H2,23,24,25). The van der Waals surface area contributed by atoms with E-state index in [9.17, 15) is 0 Å². The number of nitrogens with zero attached hydrogens (tertiary/aromatic N) is 4. The second-order valence-electron chi connectivity index (χ2n) is 7.27. The number of nitrogens with one attached hydrogen (secondary N) is 2. The van der Waals surface area contributed by atoms with Gasteiger partial charge in [0.1, 0.15) is 0 Å². The van der Waals surface area contributed by atoms with Gasteiger partial charge in [-0.1, -0.05) is 25.1 Å². The summed E-state index contributed by atoms with van der Waals surface area (Å²) in [7, 11) is 1.83. The van der Waals surface area contributed by atoms with Crippen molar-refractivity contribution in [1.29, 1.82) is 0 Å². The molecule has 158 valence electrons. The second kappa shape index (κ2) is 11.8. The zero-order chi connectivity index (χ0) is 20.3. The molecule has 0 amide bonds. The first-order valence-corrected chi connectivity index (χ1v) is 11.5. The molecule has 1 aromatic carbocycles. The van der Waals surface area contributed by atoms with E-state index in [1.165, 1.54) is 15.6 Å². The molecule has 1 aromatic heterocycles. The largest absolute Gasteiger partial charge is 0.369 e. The Morgan fingerprint density at radius 2 is 1.86 bits per heavy atom. The summed E-state index contributed by atoms with van der Waals surface area (Å²) in [5, 5.41) is 8.02. The van der Waals surface area contributed by atoms with E-state index in [1.54, 1.807) is 0 Å². The first-order chi connectivity index (χ1) is 14.3. The summed E-state index contributed by atoms with van der Waals surface area (Å²) >= 11 is 1.81. The number of hydrogen-bond donors (Lipinski definition) is 2. The number of piperazine rings is 1. The molecule has 0 spiro atoms. The Labute approximate surface area is 179 Å². The smallest absolute Gasteiger partial charge is 0.190 e. The number of hydrogen-bond acceptors (Lipinski definition) is 5. The Morgan fingerprint density at radius 3 is 2.55 bits per heavy atom. The van der Waals surface area contributed by atoms with E-state index in [1.807, 2.05) is 24.6 Å². The van der Waals surface area contributed by atoms with Crippen molar-refractivity contribution in [2.45, 2.75) is 26.2 Å². The molecule has 1 fully saturated rings. The van der Waals surface area contributed by atoms with Gasteiger partial charge in [0.2, 0.25) is 0 Å². The topological polar surface area (TPSA) is 55.8 Å². The van der Waals surface area contributed by atoms with Crippen LogP contribution in [0.4, 0.5) is 5.69 Å². The normalized spacial score (nSPS) is 15.5. The number of guanidine groups is 1. The lowest BCUT2D eigenvalue weighted by Crippen LogP contribution is -2.47. The Bertz CT molecular complexity index is 737. The van der Waals surface area contributed by atoms with Crippen LogP contribution in [0.1, 0.15) is 23.2 Å². The third kappa shape index (κ3) is 7.01. The van der Waals surface area contributed by atoms with E-state index >= 15 is 0 Å². The summed E-state index contributed by atoms with van der Waals surface area (Å²) in [6, 6.07) is 10.7. The van der Waals surface area contributed by atoms with Crippen LogP contribution in [0.5, 0.6) is 0 Å². The van der Waals surface area contributed by atoms with Gasteiger partial charge >= 0.3 is 0 Å². The van der Waals surface area contributed by atoms with Crippen molar-refractivity contribution < 1.29 is 0 Å². The summed E-state index contributed by atoms with van der Waals surface area (Å²) in [5.41, 5.74) is 1.34. The van der Waals surface area contributed by atoms with Gasteiger partial charge < -0.3 is 15.5 Å². The van der Waals surface area contributed by atoms with Crippen molar-refractivity contribution in [3.63, 3.8) is 0 Å². The van der Waals surface area contributed by atoms with Crippen LogP contribution in [0.15, 0.2) is 41.5 Å². The molecule has 0 saturated carbocycles. The minimum absolute atomic E-state index is 0.859. The summed E-state index contributed by atoms with van der Waals surface area (Å²) in [5.74, 6) is 0.881. The molecule has 0 unspecified atom stereocenters. The average molecular weight is 415 g/mol. The molecule has 2 N–H and O–H groups in total. The van der Waals surface area contributed by atoms with Gasteiger partial charge in [0, 0.05) is 69.5 Å². The minimum atomic E-state index is 0.859. The third-order valence-electron chi connectivity index (χ3n) is 5.24. The number of aryl methyl sites for hydroxylation is 1. The second-order valence-corrected chi connectivity index (χ2v) is 8.47. The molecule has 2 aromatic rings. The van der Waals surface area contributed by atoms with Crippen molar-refractivity contribution >= 4 is 23.0 Å². The van der Waals surface area contributed by atoms with Crippen molar-refractivity contribution in [3.05, 3.63) is 46.4 Å². The van der Waals surface area contributed by atoms with E-state index in [4.69, 9.17) is 0 Å². The monoisotopic (exact) mass is 414 g/mol. The molecule has 29 heavy (non-hydrogen) atoms. The number of anilines is 1. The zero-order valence-electron chi connectivity index (χ0n) is 17.7. The van der Waals surface area contributed by atoms with E-state index in [0.29, 0.717) is 0 Å². The lowest BCUT2D eigenvalue weighted by molar-refractivity contribution is 0.255. The maximum absolute atomic E-state index is 4.47. The highest BCUT2D eigenvalue weighted by molar-refractivity contribution is 7.11. The first kappa shape index (κ1) is 21.6. The number of thiazole rings is 1. The van der Waals surface area contributed by atoms with E-state index < -0.39 is 0 Å². The Balaban J connectivity index is 1.26. The van der Waals surface area contributed by atoms with E-state index in [2.05, 4.69) is 67.7 Å². The van der Waals surface area contributed by atoms with Crippen LogP contribution in [0.25, 0.3) is 0 Å². The van der Waals surface area contributed by atoms with Gasteiger partial charge in [0.05, 0.1) is 5.01 Å². The minimum Gasteiger partial charge on any atom is -0.369 e. The molecule has 1 aliphatic heterocycles. The number of rotatable bonds is 9. The Morgan fingerprint density at radius 1 is 1.10 bits per heavy atom. The molecule has 1 aliphatic rings. The number of para-hydroxylation sites is 1. The highest BCUT2D eigenvalue weighted by Gasteiger charge is 2.16. The van der Waals surface area contributed by atoms with Crippen molar-refractivity contribution in [2.75, 3.05) is 57.8 Å². The van der Waals surface area contributed by atoms with Crippen molar-refractivity contribution in [1.82, 2.24) is 20.5 Å². The fourth-order valence-electron chi connectivity index (χ4n) is 3.51. The molecule has 1 saturated heterocycles. The Hall–Kier alpha value is -2.12. The highest BCUT2D eigenvalue weighted by atomic mass is 32.1. The van der Waals surface area contributed by atoms with Crippen LogP contribution < -0.4 is 15.5 Å². The zero-order valence-corrected chi connectivity index (χ0v) is 18.5. The Kier molecular flexibility index (Phi) is 8.77. The SMILES string of the molecule is CCc1cnc(CCNC(=NC)NCCCN2CCN(c3ccccc3)CC2)s1. The quantitative estimate of drug-likeness (QED) is 0.375. The fourth-order valence-corrected chi connectivity index (χ4v) is 4.38. The summed E-state index contributed by atoms with van der Waals surface area (Å²) < 4.78 is 0. The van der Waals surface area contributed by atoms with Gasteiger partial charge in [-0.15, -0.1) is 11.3 Å². The molecule has 0 aliphatic carbocycles. The van der Waals surface area contributed by atoms with Crippen LogP contribution in [0.3, 0.4) is 0 Å². The number of benzene rings is 1. The van der Waals surface area contributed by atoms with Gasteiger partial charge in [-0.05, 0) is 31.5 Å². The lowest BCUT2D eigenvalue weighted by Gasteiger charge is -2.36. The van der Waals surface area contributed by atoms with E-state index in [0.717, 1.165) is 71.0 Å². The van der Waals surface area contributed by atoms with Crippen molar-refractivity contribution in [3.8, 4) is 0 Å². The maximum Gasteiger partial charge on any atom is 0.190 e. The fraction of sp³-hybridized carbons (Fsp3) is 0.545. The maximum atomic E-state index is 4.47. The molecular weight excluding hydrogens is 380 g/mol. The summed E-state index contributed by atoms with van der Waals surface area (Å²) in [6.07, 6.45) is 5.12. The number of aliphatic imine (C=N–C) groups is 1. The van der Waals surface area contributed by atoms with E-state index in [-0.39, 0.29) is 0 Å². The molecule has 6 nitrogen and oxygen atoms in total. The summed E-state index contributed by atoms with van der Waals surface area (Å²) in [6.45, 7) is 9.59. The third-order valence-corrected chi connectivity index (χ3v) is 6.44. The first-order valence-electron chi connectivity index (χ1n) is 10.7. The molecule has 0 radical (unpaired) electrons. The summed E-state index contributed by atoms with van der Waals surface area (Å²) in [4.78, 5) is 15.2. The lowest BCUT2D eigenvalue weighted by atomic mass is 10.2. The molecule has 3 rings (SSSR count). The van der Waals surface area contributed by atoms with Crippen LogP contribution in [0, 0.1) is 0 Å². The molecule has 7 heteroatoms. The van der Waals surface area contributed by atoms with Crippen LogP contribution in [-0.2, 0) is 12.8 Å². The molecule has 0 atom stereocenters. The van der Waals surface area contributed by atoms with Gasteiger partial charge in [-0.3, -0.25) is 9.89 Å². The highest BCUT2D eigenvalue weighted by Crippen LogP contribution is 2.15. The predicted molar refractivity (Wildman–Crippen MR) is 124 cm³/mol. The van der Waals surface area contributed by atoms with Crippen LogP contribution in [-0.4, -0.2) is 68.7 Å². The van der Waals surface area contributed by atoms with Crippen molar-refractivity contribution in [2.24, 2.45) is 4.99 Å². The molecule has 0 bridgehead atoms. The molecular formula is C22H34N6S. The average Bonchev–Trinajstić information content (AvgIpc) is 3.24. The van der Waals surface area contributed by atoms with Crippen LogP contribution >= 0.6 is 11.3 Å². The predicted octanol–water partition coefficient (Wildman–Crippen LogP) is 2.63. The number of aromatic nitrogens is 1. The van der Waals surface area contributed by atoms with Gasteiger partial charge in [0.15, 0.2) is 5.96 Å². The van der Waals surface area contributed by atoms with Gasteiger partial charge in [-0.25, -0.2) is 4.98 Å². The molecule has 2 heterocycles. The van der Waals surface area contributed by atoms with Crippen LogP contribution in [0.2, 0.25) is 0 Å².